The Morgan fingerprint density at radius 1 is 1.27 bits per heavy atom. The van der Waals surface area contributed by atoms with E-state index >= 15 is 0 Å². The van der Waals surface area contributed by atoms with Crippen molar-refractivity contribution in [2.45, 2.75) is 26.4 Å². The third kappa shape index (κ3) is 4.97. The molecule has 0 aliphatic carbocycles. The summed E-state index contributed by atoms with van der Waals surface area (Å²) in [5, 5.41) is 0.569. The Labute approximate surface area is 138 Å². The maximum Gasteiger partial charge on any atom is 0.167 e. The van der Waals surface area contributed by atoms with Gasteiger partial charge < -0.3 is 14.5 Å². The van der Waals surface area contributed by atoms with Crippen LogP contribution in [0.15, 0.2) is 18.2 Å². The Morgan fingerprint density at radius 3 is 2.59 bits per heavy atom. The van der Waals surface area contributed by atoms with Gasteiger partial charge in [0.1, 0.15) is 5.75 Å². The molecule has 1 aliphatic rings. The number of carbonyl (C=O) groups excluding carboxylic acids is 1. The second-order valence-electron chi connectivity index (χ2n) is 6.13. The summed E-state index contributed by atoms with van der Waals surface area (Å²) in [4.78, 5) is 17.2. The van der Waals surface area contributed by atoms with E-state index in [0.717, 1.165) is 32.7 Å². The second-order valence-corrected chi connectivity index (χ2v) is 6.56. The fraction of sp³-hybridized carbons (Fsp3) is 0.588. The Balaban J connectivity index is 1.98. The molecule has 22 heavy (non-hydrogen) atoms. The fourth-order valence-electron chi connectivity index (χ4n) is 2.54. The van der Waals surface area contributed by atoms with Crippen molar-refractivity contribution in [3.8, 4) is 5.75 Å². The molecule has 1 heterocycles. The molecule has 0 aromatic heterocycles. The van der Waals surface area contributed by atoms with E-state index in [-0.39, 0.29) is 11.9 Å². The molecule has 0 N–H and O–H groups in total. The van der Waals surface area contributed by atoms with Crippen LogP contribution < -0.4 is 4.74 Å². The molecule has 0 spiro atoms. The van der Waals surface area contributed by atoms with E-state index in [1.165, 1.54) is 0 Å². The number of benzene rings is 1. The van der Waals surface area contributed by atoms with Crippen molar-refractivity contribution < 1.29 is 9.53 Å². The van der Waals surface area contributed by atoms with E-state index in [9.17, 15) is 4.79 Å². The van der Waals surface area contributed by atoms with Gasteiger partial charge in [-0.2, -0.15) is 0 Å². The van der Waals surface area contributed by atoms with Crippen LogP contribution in [0.3, 0.4) is 0 Å². The standard InChI is InChI=1S/C17H25ClN2O2/c1-13(2)22-17-5-4-14(18)12-15(17)16(21)6-7-20-10-8-19(3)9-11-20/h4-5,12-13H,6-11H2,1-3H3. The molecule has 0 bridgehead atoms. The van der Waals surface area contributed by atoms with Crippen molar-refractivity contribution in [2.24, 2.45) is 0 Å². The third-order valence-corrected chi connectivity index (χ3v) is 4.09. The highest BCUT2D eigenvalue weighted by atomic mass is 35.5. The quantitative estimate of drug-likeness (QED) is 0.753. The number of hydrogen-bond acceptors (Lipinski definition) is 4. The zero-order valence-corrected chi connectivity index (χ0v) is 14.4. The normalized spacial score (nSPS) is 17.0. The van der Waals surface area contributed by atoms with Crippen molar-refractivity contribution in [2.75, 3.05) is 39.8 Å². The van der Waals surface area contributed by atoms with Crippen molar-refractivity contribution >= 4 is 17.4 Å². The van der Waals surface area contributed by atoms with Gasteiger partial charge in [0.25, 0.3) is 0 Å². The average Bonchev–Trinajstić information content (AvgIpc) is 2.48. The first kappa shape index (κ1) is 17.3. The number of likely N-dealkylation sites (N-methyl/N-ethyl adjacent to an activating group) is 1. The zero-order valence-electron chi connectivity index (χ0n) is 13.6. The highest BCUT2D eigenvalue weighted by Gasteiger charge is 2.18. The zero-order chi connectivity index (χ0) is 16.1. The molecule has 2 rings (SSSR count). The topological polar surface area (TPSA) is 32.8 Å². The molecule has 1 fully saturated rings. The molecule has 122 valence electrons. The van der Waals surface area contributed by atoms with Gasteiger partial charge in [0, 0.05) is 44.2 Å². The first-order chi connectivity index (χ1) is 10.5. The van der Waals surface area contributed by atoms with Gasteiger partial charge >= 0.3 is 0 Å². The van der Waals surface area contributed by atoms with Gasteiger partial charge in [0.2, 0.25) is 0 Å². The summed E-state index contributed by atoms with van der Waals surface area (Å²) < 4.78 is 5.73. The predicted octanol–water partition coefficient (Wildman–Crippen LogP) is 2.95. The minimum absolute atomic E-state index is 0.0327. The summed E-state index contributed by atoms with van der Waals surface area (Å²) in [6, 6.07) is 5.26. The molecular formula is C17H25ClN2O2. The summed E-state index contributed by atoms with van der Waals surface area (Å²) in [6.45, 7) is 8.87. The summed E-state index contributed by atoms with van der Waals surface area (Å²) >= 11 is 6.04. The van der Waals surface area contributed by atoms with Crippen molar-refractivity contribution in [3.63, 3.8) is 0 Å². The molecule has 0 amide bonds. The molecular weight excluding hydrogens is 300 g/mol. The van der Waals surface area contributed by atoms with E-state index < -0.39 is 0 Å². The summed E-state index contributed by atoms with van der Waals surface area (Å²) in [6.07, 6.45) is 0.531. The summed E-state index contributed by atoms with van der Waals surface area (Å²) in [5.41, 5.74) is 0.593. The van der Waals surface area contributed by atoms with Crippen LogP contribution in [-0.2, 0) is 0 Å². The number of nitrogens with zero attached hydrogens (tertiary/aromatic N) is 2. The summed E-state index contributed by atoms with van der Waals surface area (Å²) in [7, 11) is 2.13. The summed E-state index contributed by atoms with van der Waals surface area (Å²) in [5.74, 6) is 0.722. The van der Waals surface area contributed by atoms with Crippen molar-refractivity contribution in [1.82, 2.24) is 9.80 Å². The van der Waals surface area contributed by atoms with Crippen molar-refractivity contribution in [1.29, 1.82) is 0 Å². The van der Waals surface area contributed by atoms with E-state index in [2.05, 4.69) is 16.8 Å². The number of carbonyl (C=O) groups is 1. The molecule has 1 saturated heterocycles. The fourth-order valence-corrected chi connectivity index (χ4v) is 2.71. The lowest BCUT2D eigenvalue weighted by atomic mass is 10.1. The van der Waals surface area contributed by atoms with E-state index in [0.29, 0.717) is 22.8 Å². The van der Waals surface area contributed by atoms with Crippen LogP contribution in [0.5, 0.6) is 5.75 Å². The van der Waals surface area contributed by atoms with Gasteiger partial charge in [-0.1, -0.05) is 11.6 Å². The highest BCUT2D eigenvalue weighted by molar-refractivity contribution is 6.31. The Morgan fingerprint density at radius 2 is 1.95 bits per heavy atom. The van der Waals surface area contributed by atoms with Gasteiger partial charge in [-0.25, -0.2) is 0 Å². The van der Waals surface area contributed by atoms with E-state index in [4.69, 9.17) is 16.3 Å². The lowest BCUT2D eigenvalue weighted by Gasteiger charge is -2.32. The van der Waals surface area contributed by atoms with Crippen LogP contribution in [0.1, 0.15) is 30.6 Å². The maximum absolute atomic E-state index is 12.5. The molecule has 0 atom stereocenters. The molecule has 0 radical (unpaired) electrons. The third-order valence-electron chi connectivity index (χ3n) is 3.86. The van der Waals surface area contributed by atoms with E-state index in [1.807, 2.05) is 13.8 Å². The minimum atomic E-state index is 0.0327. The minimum Gasteiger partial charge on any atom is -0.490 e. The van der Waals surface area contributed by atoms with Gasteiger partial charge in [-0.3, -0.25) is 4.79 Å². The number of ketones is 1. The molecule has 0 unspecified atom stereocenters. The Bertz CT molecular complexity index is 511. The van der Waals surface area contributed by atoms with Crippen LogP contribution in [0.25, 0.3) is 0 Å². The van der Waals surface area contributed by atoms with Crippen LogP contribution >= 0.6 is 11.6 Å². The van der Waals surface area contributed by atoms with Crippen LogP contribution in [-0.4, -0.2) is 61.5 Å². The smallest absolute Gasteiger partial charge is 0.167 e. The van der Waals surface area contributed by atoms with Crippen LogP contribution in [0, 0.1) is 0 Å². The lowest BCUT2D eigenvalue weighted by Crippen LogP contribution is -2.45. The lowest BCUT2D eigenvalue weighted by molar-refractivity contribution is 0.0936. The van der Waals surface area contributed by atoms with Gasteiger partial charge in [0.15, 0.2) is 5.78 Å². The van der Waals surface area contributed by atoms with Gasteiger partial charge in [-0.05, 0) is 39.1 Å². The molecule has 0 saturated carbocycles. The number of piperazine rings is 1. The van der Waals surface area contributed by atoms with Gasteiger partial charge in [0.05, 0.1) is 11.7 Å². The van der Waals surface area contributed by atoms with Crippen molar-refractivity contribution in [3.05, 3.63) is 28.8 Å². The average molecular weight is 325 g/mol. The maximum atomic E-state index is 12.5. The SMILES string of the molecule is CC(C)Oc1ccc(Cl)cc1C(=O)CCN1CCN(C)CC1. The molecule has 4 nitrogen and oxygen atoms in total. The van der Waals surface area contributed by atoms with Crippen LogP contribution in [0.4, 0.5) is 0 Å². The molecule has 1 aromatic carbocycles. The monoisotopic (exact) mass is 324 g/mol. The van der Waals surface area contributed by atoms with Crippen LogP contribution in [0.2, 0.25) is 5.02 Å². The number of halogens is 1. The second kappa shape index (κ2) is 7.95. The first-order valence-electron chi connectivity index (χ1n) is 7.86. The molecule has 5 heteroatoms. The molecule has 1 aromatic rings. The first-order valence-corrected chi connectivity index (χ1v) is 8.24. The number of rotatable bonds is 6. The predicted molar refractivity (Wildman–Crippen MR) is 90.1 cm³/mol. The number of ether oxygens (including phenoxy) is 1. The Hall–Kier alpha value is -1.10. The van der Waals surface area contributed by atoms with Gasteiger partial charge in [-0.15, -0.1) is 0 Å². The number of hydrogen-bond donors (Lipinski definition) is 0. The highest BCUT2D eigenvalue weighted by Crippen LogP contribution is 2.25. The largest absolute Gasteiger partial charge is 0.490 e. The molecule has 1 aliphatic heterocycles. The Kier molecular flexibility index (Phi) is 6.24. The number of Topliss-reactive ketones (excluding diaryl/α,β-unsaturated/α-hetero) is 1. The van der Waals surface area contributed by atoms with E-state index in [1.54, 1.807) is 18.2 Å².